The van der Waals surface area contributed by atoms with Crippen molar-refractivity contribution in [3.05, 3.63) is 54.1 Å². The van der Waals surface area contributed by atoms with Gasteiger partial charge in [-0.2, -0.15) is 5.26 Å². The zero-order valence-corrected chi connectivity index (χ0v) is 9.91. The minimum atomic E-state index is 0.376. The maximum absolute atomic E-state index is 9.06. The molecule has 19 heavy (non-hydrogen) atoms. The van der Waals surface area contributed by atoms with E-state index in [4.69, 9.17) is 5.26 Å². The monoisotopic (exact) mass is 247 g/mol. The summed E-state index contributed by atoms with van der Waals surface area (Å²) in [6.45, 7) is 0. The van der Waals surface area contributed by atoms with Gasteiger partial charge < -0.3 is 5.32 Å². The van der Waals surface area contributed by atoms with E-state index in [0.717, 1.165) is 5.69 Å². The molecule has 0 fully saturated rings. The van der Waals surface area contributed by atoms with Crippen molar-refractivity contribution in [1.29, 1.82) is 5.26 Å². The van der Waals surface area contributed by atoms with E-state index in [9.17, 15) is 0 Å². The summed E-state index contributed by atoms with van der Waals surface area (Å²) in [5.41, 5.74) is 2.53. The van der Waals surface area contributed by atoms with Gasteiger partial charge in [0.05, 0.1) is 5.56 Å². The Bertz CT molecular complexity index is 762. The minimum Gasteiger partial charge on any atom is -0.323 e. The first-order valence-corrected chi connectivity index (χ1v) is 5.72. The van der Waals surface area contributed by atoms with Gasteiger partial charge >= 0.3 is 0 Å². The van der Waals surface area contributed by atoms with Crippen molar-refractivity contribution in [2.45, 2.75) is 0 Å². The van der Waals surface area contributed by atoms with E-state index in [1.165, 1.54) is 0 Å². The number of fused-ring (bicyclic) bond motifs is 1. The molecule has 1 N–H and O–H groups in total. The van der Waals surface area contributed by atoms with Crippen molar-refractivity contribution in [2.75, 3.05) is 5.32 Å². The first-order chi connectivity index (χ1) is 9.36. The van der Waals surface area contributed by atoms with E-state index in [0.29, 0.717) is 22.5 Å². The van der Waals surface area contributed by atoms with Crippen LogP contribution in [0.3, 0.4) is 0 Å². The first-order valence-electron chi connectivity index (χ1n) is 5.72. The number of hydrogen-bond donors (Lipinski definition) is 1. The number of rotatable bonds is 2. The van der Waals surface area contributed by atoms with Crippen LogP contribution in [0.4, 0.5) is 11.6 Å². The highest BCUT2D eigenvalue weighted by atomic mass is 15.2. The molecule has 3 rings (SSSR count). The highest BCUT2D eigenvalue weighted by Gasteiger charge is 2.06. The maximum atomic E-state index is 9.06. The Labute approximate surface area is 109 Å². The Kier molecular flexibility index (Phi) is 2.75. The van der Waals surface area contributed by atoms with Gasteiger partial charge in [0.25, 0.3) is 0 Å². The van der Waals surface area contributed by atoms with Gasteiger partial charge in [0.15, 0.2) is 0 Å². The maximum Gasteiger partial charge on any atom is 0.247 e. The number of nitrogens with one attached hydrogen (secondary N) is 1. The fraction of sp³-hybridized carbons (Fsp3) is 0. The summed E-state index contributed by atoms with van der Waals surface area (Å²) in [7, 11) is 0. The number of para-hydroxylation sites is 2. The third-order valence-electron chi connectivity index (χ3n) is 2.64. The zero-order chi connectivity index (χ0) is 13.1. The molecule has 90 valence electrons. The molecule has 5 heteroatoms. The molecule has 1 aromatic heterocycles. The molecule has 0 aliphatic rings. The molecule has 0 aliphatic heterocycles. The molecule has 2 aromatic carbocycles. The molecule has 0 atom stereocenters. The summed E-state index contributed by atoms with van der Waals surface area (Å²) in [5, 5.41) is 20.2. The second kappa shape index (κ2) is 4.70. The number of aromatic nitrogens is 3. The summed E-state index contributed by atoms with van der Waals surface area (Å²) in [5.74, 6) is 0.376. The normalized spacial score (nSPS) is 10.1. The number of hydrogen-bond acceptors (Lipinski definition) is 5. The Balaban J connectivity index is 2.04. The molecule has 0 spiro atoms. The van der Waals surface area contributed by atoms with Crippen LogP contribution in [0.5, 0.6) is 0 Å². The highest BCUT2D eigenvalue weighted by molar-refractivity contribution is 5.81. The molecule has 0 saturated heterocycles. The lowest BCUT2D eigenvalue weighted by Crippen LogP contribution is -2.00. The molecular formula is C14H9N5. The molecule has 0 aliphatic carbocycles. The van der Waals surface area contributed by atoms with Gasteiger partial charge in [0, 0.05) is 5.69 Å². The van der Waals surface area contributed by atoms with Crippen LogP contribution in [0.2, 0.25) is 0 Å². The predicted octanol–water partition coefficient (Wildman–Crippen LogP) is 2.64. The minimum absolute atomic E-state index is 0.376. The summed E-state index contributed by atoms with van der Waals surface area (Å²) < 4.78 is 0. The number of benzene rings is 2. The lowest BCUT2D eigenvalue weighted by molar-refractivity contribution is 1.03. The Morgan fingerprint density at radius 3 is 2.58 bits per heavy atom. The molecule has 0 unspecified atom stereocenters. The third kappa shape index (κ3) is 2.19. The second-order valence-electron chi connectivity index (χ2n) is 3.91. The van der Waals surface area contributed by atoms with E-state index in [1.807, 2.05) is 30.3 Å². The van der Waals surface area contributed by atoms with Gasteiger partial charge in [-0.25, -0.2) is 4.98 Å². The van der Waals surface area contributed by atoms with Crippen molar-refractivity contribution < 1.29 is 0 Å². The fourth-order valence-electron chi connectivity index (χ4n) is 1.75. The third-order valence-corrected chi connectivity index (χ3v) is 2.64. The Morgan fingerprint density at radius 1 is 0.947 bits per heavy atom. The first kappa shape index (κ1) is 11.1. The van der Waals surface area contributed by atoms with Crippen LogP contribution in [0.25, 0.3) is 11.0 Å². The lowest BCUT2D eigenvalue weighted by Gasteiger charge is -2.04. The molecule has 0 amide bonds. The zero-order valence-electron chi connectivity index (χ0n) is 9.91. The Hall–Kier alpha value is -3.00. The molecule has 1 heterocycles. The quantitative estimate of drug-likeness (QED) is 0.753. The molecule has 0 saturated carbocycles. The van der Waals surface area contributed by atoms with Crippen LogP contribution in [-0.4, -0.2) is 15.2 Å². The Morgan fingerprint density at radius 2 is 1.79 bits per heavy atom. The lowest BCUT2D eigenvalue weighted by atomic mass is 10.2. The predicted molar refractivity (Wildman–Crippen MR) is 71.8 cm³/mol. The number of anilines is 2. The van der Waals surface area contributed by atoms with Crippen LogP contribution < -0.4 is 5.32 Å². The van der Waals surface area contributed by atoms with Crippen molar-refractivity contribution in [3.63, 3.8) is 0 Å². The van der Waals surface area contributed by atoms with Crippen LogP contribution in [0, 0.1) is 11.3 Å². The van der Waals surface area contributed by atoms with E-state index >= 15 is 0 Å². The van der Waals surface area contributed by atoms with Crippen molar-refractivity contribution in [1.82, 2.24) is 15.2 Å². The van der Waals surface area contributed by atoms with Crippen LogP contribution in [-0.2, 0) is 0 Å². The second-order valence-corrected chi connectivity index (χ2v) is 3.91. The number of nitrogens with zero attached hydrogens (tertiary/aromatic N) is 4. The van der Waals surface area contributed by atoms with E-state index in [-0.39, 0.29) is 0 Å². The largest absolute Gasteiger partial charge is 0.323 e. The van der Waals surface area contributed by atoms with Gasteiger partial charge in [-0.3, -0.25) is 0 Å². The van der Waals surface area contributed by atoms with E-state index in [1.54, 1.807) is 18.2 Å². The SMILES string of the molecule is N#Cc1cccc2nnc(Nc3ccccc3)nc12. The summed E-state index contributed by atoms with van der Waals surface area (Å²) in [6, 6.07) is 16.9. The standard InChI is InChI=1S/C14H9N5/c15-9-10-5-4-8-12-13(10)17-14(19-18-12)16-11-6-2-1-3-7-11/h1-8H,(H,16,17,19). The molecular weight excluding hydrogens is 238 g/mol. The number of nitriles is 1. The van der Waals surface area contributed by atoms with Crippen molar-refractivity contribution >= 4 is 22.7 Å². The van der Waals surface area contributed by atoms with Gasteiger partial charge in [-0.15, -0.1) is 10.2 Å². The topological polar surface area (TPSA) is 74.5 Å². The highest BCUT2D eigenvalue weighted by Crippen LogP contribution is 2.17. The van der Waals surface area contributed by atoms with E-state index < -0.39 is 0 Å². The molecule has 3 aromatic rings. The van der Waals surface area contributed by atoms with Crippen LogP contribution >= 0.6 is 0 Å². The summed E-state index contributed by atoms with van der Waals surface area (Å²) >= 11 is 0. The fourth-order valence-corrected chi connectivity index (χ4v) is 1.75. The van der Waals surface area contributed by atoms with Gasteiger partial charge in [0.1, 0.15) is 17.1 Å². The van der Waals surface area contributed by atoms with Crippen molar-refractivity contribution in [2.24, 2.45) is 0 Å². The summed E-state index contributed by atoms with van der Waals surface area (Å²) in [6.07, 6.45) is 0. The van der Waals surface area contributed by atoms with E-state index in [2.05, 4.69) is 26.6 Å². The molecule has 0 radical (unpaired) electrons. The van der Waals surface area contributed by atoms with Crippen LogP contribution in [0.15, 0.2) is 48.5 Å². The average Bonchev–Trinajstić information content (AvgIpc) is 2.47. The summed E-state index contributed by atoms with van der Waals surface area (Å²) in [4.78, 5) is 4.33. The van der Waals surface area contributed by atoms with Gasteiger partial charge in [-0.1, -0.05) is 24.3 Å². The average molecular weight is 247 g/mol. The van der Waals surface area contributed by atoms with Crippen molar-refractivity contribution in [3.8, 4) is 6.07 Å². The smallest absolute Gasteiger partial charge is 0.247 e. The van der Waals surface area contributed by atoms with Crippen LogP contribution in [0.1, 0.15) is 5.56 Å². The van der Waals surface area contributed by atoms with Gasteiger partial charge in [0.2, 0.25) is 5.95 Å². The molecule has 5 nitrogen and oxygen atoms in total. The molecule has 0 bridgehead atoms. The van der Waals surface area contributed by atoms with Gasteiger partial charge in [-0.05, 0) is 24.3 Å².